The molecule has 0 saturated carbocycles. The van der Waals surface area contributed by atoms with Crippen molar-refractivity contribution >= 4 is 11.7 Å². The van der Waals surface area contributed by atoms with Gasteiger partial charge < -0.3 is 10.0 Å². The molecule has 110 valence electrons. The molecule has 0 fully saturated rings. The van der Waals surface area contributed by atoms with E-state index in [2.05, 4.69) is 24.0 Å². The van der Waals surface area contributed by atoms with Crippen LogP contribution in [0.3, 0.4) is 0 Å². The largest absolute Gasteiger partial charge is 0.481 e. The van der Waals surface area contributed by atoms with Gasteiger partial charge in [-0.25, -0.2) is 0 Å². The predicted molar refractivity (Wildman–Crippen MR) is 85.5 cm³/mol. The van der Waals surface area contributed by atoms with Crippen LogP contribution < -0.4 is 4.90 Å². The van der Waals surface area contributed by atoms with E-state index in [4.69, 9.17) is 5.11 Å². The number of benzene rings is 2. The van der Waals surface area contributed by atoms with Crippen LogP contribution in [0.2, 0.25) is 0 Å². The first-order valence-corrected chi connectivity index (χ1v) is 7.30. The van der Waals surface area contributed by atoms with Gasteiger partial charge in [-0.2, -0.15) is 0 Å². The SMILES string of the molecule is CCC(c1ccccc1)N(CCC(=O)O)c1ccccc1. The third-order valence-electron chi connectivity index (χ3n) is 3.60. The maximum absolute atomic E-state index is 11.0. The van der Waals surface area contributed by atoms with Crippen LogP contribution in [-0.4, -0.2) is 17.6 Å². The second-order valence-electron chi connectivity index (χ2n) is 5.01. The first-order valence-electron chi connectivity index (χ1n) is 7.30. The van der Waals surface area contributed by atoms with Crippen LogP contribution >= 0.6 is 0 Å². The van der Waals surface area contributed by atoms with E-state index in [1.807, 2.05) is 48.5 Å². The van der Waals surface area contributed by atoms with E-state index in [1.54, 1.807) is 0 Å². The van der Waals surface area contributed by atoms with Crippen LogP contribution in [0.1, 0.15) is 31.4 Å². The number of hydrogen-bond acceptors (Lipinski definition) is 2. The standard InChI is InChI=1S/C18H21NO2/c1-2-17(15-9-5-3-6-10-15)19(14-13-18(20)21)16-11-7-4-8-12-16/h3-12,17H,2,13-14H2,1H3,(H,20,21). The van der Waals surface area contributed by atoms with E-state index in [1.165, 1.54) is 5.56 Å². The molecule has 0 aliphatic rings. The van der Waals surface area contributed by atoms with Crippen LogP contribution in [0.25, 0.3) is 0 Å². The van der Waals surface area contributed by atoms with Crippen molar-refractivity contribution in [2.45, 2.75) is 25.8 Å². The molecular weight excluding hydrogens is 262 g/mol. The lowest BCUT2D eigenvalue weighted by Gasteiger charge is -2.33. The molecular formula is C18H21NO2. The molecule has 1 unspecified atom stereocenters. The number of para-hydroxylation sites is 1. The molecule has 0 bridgehead atoms. The monoisotopic (exact) mass is 283 g/mol. The van der Waals surface area contributed by atoms with Gasteiger partial charge in [0.2, 0.25) is 0 Å². The lowest BCUT2D eigenvalue weighted by Crippen LogP contribution is -2.30. The third kappa shape index (κ3) is 4.09. The van der Waals surface area contributed by atoms with Crippen LogP contribution in [0.5, 0.6) is 0 Å². The topological polar surface area (TPSA) is 40.5 Å². The summed E-state index contributed by atoms with van der Waals surface area (Å²) in [5.74, 6) is -0.765. The number of rotatable bonds is 7. The highest BCUT2D eigenvalue weighted by Crippen LogP contribution is 2.29. The highest BCUT2D eigenvalue weighted by atomic mass is 16.4. The highest BCUT2D eigenvalue weighted by molar-refractivity contribution is 5.67. The summed E-state index contributed by atoms with van der Waals surface area (Å²) in [6.07, 6.45) is 1.07. The summed E-state index contributed by atoms with van der Waals surface area (Å²) >= 11 is 0. The zero-order valence-electron chi connectivity index (χ0n) is 12.3. The number of carbonyl (C=O) groups is 1. The van der Waals surface area contributed by atoms with Crippen LogP contribution in [-0.2, 0) is 4.79 Å². The van der Waals surface area contributed by atoms with E-state index >= 15 is 0 Å². The predicted octanol–water partition coefficient (Wildman–Crippen LogP) is 4.12. The molecule has 0 amide bonds. The number of nitrogens with zero attached hydrogens (tertiary/aromatic N) is 1. The molecule has 0 spiro atoms. The fourth-order valence-electron chi connectivity index (χ4n) is 2.61. The average molecular weight is 283 g/mol. The summed E-state index contributed by atoms with van der Waals surface area (Å²) in [5.41, 5.74) is 2.28. The number of hydrogen-bond donors (Lipinski definition) is 1. The third-order valence-corrected chi connectivity index (χ3v) is 3.60. The molecule has 0 aromatic heterocycles. The molecule has 2 aromatic carbocycles. The van der Waals surface area contributed by atoms with Gasteiger partial charge in [0.1, 0.15) is 0 Å². The van der Waals surface area contributed by atoms with Crippen molar-refractivity contribution in [2.24, 2.45) is 0 Å². The van der Waals surface area contributed by atoms with E-state index in [-0.39, 0.29) is 12.5 Å². The minimum atomic E-state index is -0.765. The van der Waals surface area contributed by atoms with Gasteiger partial charge in [-0.3, -0.25) is 4.79 Å². The molecule has 3 heteroatoms. The Labute approximate surface area is 125 Å². The van der Waals surface area contributed by atoms with E-state index in [0.717, 1.165) is 12.1 Å². The van der Waals surface area contributed by atoms with Gasteiger partial charge in [-0.15, -0.1) is 0 Å². The van der Waals surface area contributed by atoms with Crippen molar-refractivity contribution in [2.75, 3.05) is 11.4 Å². The fourth-order valence-corrected chi connectivity index (χ4v) is 2.61. The number of carboxylic acid groups (broad SMARTS) is 1. The lowest BCUT2D eigenvalue weighted by atomic mass is 10.0. The van der Waals surface area contributed by atoms with Gasteiger partial charge in [0.25, 0.3) is 0 Å². The maximum Gasteiger partial charge on any atom is 0.305 e. The second kappa shape index (κ2) is 7.48. The van der Waals surface area contributed by atoms with Crippen molar-refractivity contribution in [3.8, 4) is 0 Å². The second-order valence-corrected chi connectivity index (χ2v) is 5.01. The Morgan fingerprint density at radius 3 is 2.14 bits per heavy atom. The minimum absolute atomic E-state index is 0.137. The molecule has 1 atom stereocenters. The summed E-state index contributed by atoms with van der Waals surface area (Å²) in [4.78, 5) is 13.1. The van der Waals surface area contributed by atoms with E-state index in [9.17, 15) is 4.79 Å². The molecule has 0 radical (unpaired) electrons. The zero-order chi connectivity index (χ0) is 15.1. The molecule has 0 aliphatic heterocycles. The fraction of sp³-hybridized carbons (Fsp3) is 0.278. The summed E-state index contributed by atoms with van der Waals surface area (Å²) < 4.78 is 0. The first kappa shape index (κ1) is 15.1. The van der Waals surface area contributed by atoms with Gasteiger partial charge in [-0.05, 0) is 24.1 Å². The van der Waals surface area contributed by atoms with Crippen LogP contribution in [0.4, 0.5) is 5.69 Å². The molecule has 0 saturated heterocycles. The Morgan fingerprint density at radius 1 is 1.05 bits per heavy atom. The van der Waals surface area contributed by atoms with Crippen molar-refractivity contribution < 1.29 is 9.90 Å². The Balaban J connectivity index is 2.30. The van der Waals surface area contributed by atoms with Gasteiger partial charge in [0, 0.05) is 12.2 Å². The zero-order valence-corrected chi connectivity index (χ0v) is 12.3. The maximum atomic E-state index is 11.0. The first-order chi connectivity index (χ1) is 10.2. The van der Waals surface area contributed by atoms with Crippen molar-refractivity contribution in [1.29, 1.82) is 0 Å². The molecule has 0 heterocycles. The smallest absolute Gasteiger partial charge is 0.305 e. The Bertz CT molecular complexity index is 554. The summed E-state index contributed by atoms with van der Waals surface area (Å²) in [6, 6.07) is 20.5. The molecule has 1 N–H and O–H groups in total. The van der Waals surface area contributed by atoms with E-state index in [0.29, 0.717) is 6.54 Å². The summed E-state index contributed by atoms with van der Waals surface area (Å²) in [7, 11) is 0. The van der Waals surface area contributed by atoms with Gasteiger partial charge in [0.05, 0.1) is 12.5 Å². The molecule has 21 heavy (non-hydrogen) atoms. The normalized spacial score (nSPS) is 11.9. The molecule has 3 nitrogen and oxygen atoms in total. The van der Waals surface area contributed by atoms with Gasteiger partial charge >= 0.3 is 5.97 Å². The summed E-state index contributed by atoms with van der Waals surface area (Å²) in [5, 5.41) is 9.01. The number of anilines is 1. The number of aliphatic carboxylic acids is 1. The lowest BCUT2D eigenvalue weighted by molar-refractivity contribution is -0.136. The Hall–Kier alpha value is -2.29. The molecule has 2 rings (SSSR count). The van der Waals surface area contributed by atoms with E-state index < -0.39 is 5.97 Å². The van der Waals surface area contributed by atoms with Crippen LogP contribution in [0.15, 0.2) is 60.7 Å². The number of carboxylic acids is 1. The summed E-state index contributed by atoms with van der Waals surface area (Å²) in [6.45, 7) is 2.64. The highest BCUT2D eigenvalue weighted by Gasteiger charge is 2.19. The Kier molecular flexibility index (Phi) is 5.38. The van der Waals surface area contributed by atoms with Crippen molar-refractivity contribution in [1.82, 2.24) is 0 Å². The van der Waals surface area contributed by atoms with Crippen molar-refractivity contribution in [3.05, 3.63) is 66.2 Å². The van der Waals surface area contributed by atoms with Gasteiger partial charge in [0.15, 0.2) is 0 Å². The van der Waals surface area contributed by atoms with Crippen molar-refractivity contribution in [3.63, 3.8) is 0 Å². The average Bonchev–Trinajstić information content (AvgIpc) is 2.53. The Morgan fingerprint density at radius 2 is 1.62 bits per heavy atom. The van der Waals surface area contributed by atoms with Crippen LogP contribution in [0, 0.1) is 0 Å². The van der Waals surface area contributed by atoms with Gasteiger partial charge in [-0.1, -0.05) is 55.5 Å². The quantitative estimate of drug-likeness (QED) is 0.831. The minimum Gasteiger partial charge on any atom is -0.481 e. The molecule has 0 aliphatic carbocycles. The molecule has 2 aromatic rings.